The van der Waals surface area contributed by atoms with Crippen LogP contribution in [0.5, 0.6) is 0 Å². The lowest BCUT2D eigenvalue weighted by Crippen LogP contribution is -2.49. The minimum Gasteiger partial charge on any atom is -0.346 e. The molecular weight excluding hydrogens is 391 g/mol. The Kier molecular flexibility index (Phi) is 11.7. The van der Waals surface area contributed by atoms with Crippen LogP contribution in [-0.4, -0.2) is 48.3 Å². The molecule has 0 saturated heterocycles. The van der Waals surface area contributed by atoms with Crippen LogP contribution in [0.25, 0.3) is 0 Å². The molecule has 0 radical (unpaired) electrons. The third-order valence-corrected chi connectivity index (χ3v) is 4.00. The van der Waals surface area contributed by atoms with Crippen LogP contribution < -0.4 is 16.4 Å². The highest BCUT2D eigenvalue weighted by Gasteiger charge is 2.20. The van der Waals surface area contributed by atoms with Gasteiger partial charge in [0.2, 0.25) is 17.7 Å². The quantitative estimate of drug-likeness (QED) is 0.570. The van der Waals surface area contributed by atoms with E-state index in [0.717, 1.165) is 0 Å². The van der Waals surface area contributed by atoms with Crippen LogP contribution in [0.3, 0.4) is 0 Å². The second-order valence-electron chi connectivity index (χ2n) is 6.36. The van der Waals surface area contributed by atoms with E-state index in [1.54, 1.807) is 24.3 Å². The van der Waals surface area contributed by atoms with Crippen LogP contribution in [0.4, 0.5) is 5.69 Å². The van der Waals surface area contributed by atoms with Crippen molar-refractivity contribution in [1.29, 1.82) is 0 Å². The summed E-state index contributed by atoms with van der Waals surface area (Å²) < 4.78 is 0. The lowest BCUT2D eigenvalue weighted by Gasteiger charge is -2.22. The Labute approximate surface area is 171 Å². The largest absolute Gasteiger partial charge is 0.346 e. The van der Waals surface area contributed by atoms with Gasteiger partial charge in [-0.25, -0.2) is 0 Å². The van der Waals surface area contributed by atoms with Gasteiger partial charge >= 0.3 is 0 Å². The molecule has 27 heavy (non-hydrogen) atoms. The lowest BCUT2D eigenvalue weighted by molar-refractivity contribution is -0.135. The van der Waals surface area contributed by atoms with E-state index in [4.69, 9.17) is 17.3 Å². The van der Waals surface area contributed by atoms with E-state index in [0.29, 0.717) is 23.7 Å². The first-order valence-corrected chi connectivity index (χ1v) is 8.98. The van der Waals surface area contributed by atoms with E-state index in [2.05, 4.69) is 10.6 Å². The van der Waals surface area contributed by atoms with Gasteiger partial charge in [0.15, 0.2) is 0 Å². The van der Waals surface area contributed by atoms with Crippen LogP contribution >= 0.6 is 24.0 Å². The average Bonchev–Trinajstić information content (AvgIpc) is 2.60. The van der Waals surface area contributed by atoms with Crippen molar-refractivity contribution in [2.45, 2.75) is 33.2 Å². The van der Waals surface area contributed by atoms with Crippen molar-refractivity contribution in [1.82, 2.24) is 10.2 Å². The molecule has 1 rings (SSSR count). The third kappa shape index (κ3) is 9.08. The maximum Gasteiger partial charge on any atom is 0.243 e. The molecular formula is C18H28Cl2N4O3. The van der Waals surface area contributed by atoms with E-state index in [1.165, 1.54) is 4.90 Å². The fraction of sp³-hybridized carbons (Fsp3) is 0.500. The summed E-state index contributed by atoms with van der Waals surface area (Å²) in [5, 5.41) is 5.81. The van der Waals surface area contributed by atoms with E-state index >= 15 is 0 Å². The summed E-state index contributed by atoms with van der Waals surface area (Å²) in [6.07, 6.45) is 0.694. The van der Waals surface area contributed by atoms with Crippen molar-refractivity contribution in [3.63, 3.8) is 0 Å². The lowest BCUT2D eigenvalue weighted by atomic mass is 10.1. The number of halogens is 2. The van der Waals surface area contributed by atoms with Crippen molar-refractivity contribution >= 4 is 47.4 Å². The normalized spacial score (nSPS) is 11.3. The average molecular weight is 419 g/mol. The predicted octanol–water partition coefficient (Wildman–Crippen LogP) is 2.04. The monoisotopic (exact) mass is 418 g/mol. The van der Waals surface area contributed by atoms with Gasteiger partial charge in [0.25, 0.3) is 0 Å². The molecule has 152 valence electrons. The summed E-state index contributed by atoms with van der Waals surface area (Å²) in [7, 11) is 0. The molecule has 0 aliphatic rings. The Morgan fingerprint density at radius 3 is 2.30 bits per heavy atom. The number of rotatable bonds is 9. The molecule has 1 aromatic rings. The van der Waals surface area contributed by atoms with Gasteiger partial charge in [0.05, 0.1) is 19.1 Å². The number of nitrogens with one attached hydrogen (secondary N) is 2. The Balaban J connectivity index is 0.00000676. The van der Waals surface area contributed by atoms with Crippen LogP contribution in [0.15, 0.2) is 24.3 Å². The summed E-state index contributed by atoms with van der Waals surface area (Å²) in [6, 6.07) is 6.02. The number of hydrogen-bond donors (Lipinski definition) is 3. The summed E-state index contributed by atoms with van der Waals surface area (Å²) in [5.74, 6) is -1.06. The fourth-order valence-electron chi connectivity index (χ4n) is 2.16. The Morgan fingerprint density at radius 1 is 1.19 bits per heavy atom. The van der Waals surface area contributed by atoms with Crippen molar-refractivity contribution in [2.75, 3.05) is 25.0 Å². The summed E-state index contributed by atoms with van der Waals surface area (Å²) >= 11 is 5.81. The van der Waals surface area contributed by atoms with Gasteiger partial charge in [-0.05, 0) is 36.6 Å². The second kappa shape index (κ2) is 12.5. The smallest absolute Gasteiger partial charge is 0.243 e. The van der Waals surface area contributed by atoms with Gasteiger partial charge in [0, 0.05) is 17.3 Å². The first-order chi connectivity index (χ1) is 12.2. The number of anilines is 1. The molecule has 0 heterocycles. The molecule has 0 unspecified atom stereocenters. The molecule has 0 spiro atoms. The number of hydrogen-bond acceptors (Lipinski definition) is 4. The molecule has 3 amide bonds. The van der Waals surface area contributed by atoms with Crippen LogP contribution in [0, 0.1) is 5.92 Å². The first-order valence-electron chi connectivity index (χ1n) is 8.61. The van der Waals surface area contributed by atoms with Crippen molar-refractivity contribution in [2.24, 2.45) is 11.7 Å². The molecule has 0 aliphatic heterocycles. The van der Waals surface area contributed by atoms with Crippen molar-refractivity contribution in [3.8, 4) is 0 Å². The number of carbonyl (C=O) groups is 3. The molecule has 4 N–H and O–H groups in total. The van der Waals surface area contributed by atoms with Gasteiger partial charge in [-0.2, -0.15) is 0 Å². The molecule has 0 fully saturated rings. The number of nitrogens with zero attached hydrogens (tertiary/aromatic N) is 1. The minimum atomic E-state index is -0.671. The van der Waals surface area contributed by atoms with Crippen LogP contribution in [-0.2, 0) is 14.4 Å². The highest BCUT2D eigenvalue weighted by atomic mass is 35.5. The second-order valence-corrected chi connectivity index (χ2v) is 6.79. The number of amides is 3. The summed E-state index contributed by atoms with van der Waals surface area (Å²) in [6.45, 7) is 5.70. The van der Waals surface area contributed by atoms with Crippen molar-refractivity contribution < 1.29 is 14.4 Å². The standard InChI is InChI=1S/C18H27ClN4O3.ClH/c1-4-9-23(16(25)10-21-18(26)17(20)12(2)3)11-15(24)22-14-7-5-13(19)6-8-14;/h5-8,12,17H,4,9-11,20H2,1-3H3,(H,21,26)(H,22,24);1H/t17-;/m0./s1. The maximum absolute atomic E-state index is 12.3. The van der Waals surface area contributed by atoms with Crippen LogP contribution in [0.2, 0.25) is 5.02 Å². The van der Waals surface area contributed by atoms with E-state index in [1.807, 2.05) is 20.8 Å². The molecule has 1 aromatic carbocycles. The van der Waals surface area contributed by atoms with Gasteiger partial charge in [0.1, 0.15) is 0 Å². The topological polar surface area (TPSA) is 105 Å². The Hall–Kier alpha value is -1.83. The maximum atomic E-state index is 12.3. The predicted molar refractivity (Wildman–Crippen MR) is 110 cm³/mol. The highest BCUT2D eigenvalue weighted by molar-refractivity contribution is 6.30. The number of benzene rings is 1. The molecule has 0 bridgehead atoms. The highest BCUT2D eigenvalue weighted by Crippen LogP contribution is 2.13. The third-order valence-electron chi connectivity index (χ3n) is 3.74. The van der Waals surface area contributed by atoms with E-state index in [-0.39, 0.29) is 49.1 Å². The number of carbonyl (C=O) groups excluding carboxylic acids is 3. The van der Waals surface area contributed by atoms with Gasteiger partial charge in [-0.1, -0.05) is 32.4 Å². The molecule has 0 saturated carbocycles. The zero-order valence-electron chi connectivity index (χ0n) is 15.8. The molecule has 7 nitrogen and oxygen atoms in total. The first kappa shape index (κ1) is 25.2. The van der Waals surface area contributed by atoms with Gasteiger partial charge in [-0.3, -0.25) is 14.4 Å². The Bertz CT molecular complexity index is 624. The van der Waals surface area contributed by atoms with E-state index in [9.17, 15) is 14.4 Å². The van der Waals surface area contributed by atoms with Gasteiger partial charge < -0.3 is 21.3 Å². The SMILES string of the molecule is CCCN(CC(=O)Nc1ccc(Cl)cc1)C(=O)CNC(=O)[C@@H](N)C(C)C.Cl. The zero-order valence-corrected chi connectivity index (χ0v) is 17.4. The molecule has 0 aliphatic carbocycles. The molecule has 9 heteroatoms. The minimum absolute atomic E-state index is 0. The van der Waals surface area contributed by atoms with Crippen molar-refractivity contribution in [3.05, 3.63) is 29.3 Å². The molecule has 1 atom stereocenters. The summed E-state index contributed by atoms with van der Waals surface area (Å²) in [4.78, 5) is 37.8. The fourth-order valence-corrected chi connectivity index (χ4v) is 2.29. The number of nitrogens with two attached hydrogens (primary N) is 1. The van der Waals surface area contributed by atoms with Crippen LogP contribution in [0.1, 0.15) is 27.2 Å². The zero-order chi connectivity index (χ0) is 19.7. The molecule has 0 aromatic heterocycles. The van der Waals surface area contributed by atoms with Gasteiger partial charge in [-0.15, -0.1) is 12.4 Å². The summed E-state index contributed by atoms with van der Waals surface area (Å²) in [5.41, 5.74) is 6.34. The van der Waals surface area contributed by atoms with E-state index < -0.39 is 6.04 Å². The Morgan fingerprint density at radius 2 is 1.78 bits per heavy atom.